The Balaban J connectivity index is 0. The van der Waals surface area contributed by atoms with Gasteiger partial charge in [-0.25, -0.2) is 33.5 Å². The molecule has 0 aliphatic carbocycles. The van der Waals surface area contributed by atoms with Crippen molar-refractivity contribution in [3.63, 3.8) is 0 Å². The summed E-state index contributed by atoms with van der Waals surface area (Å²) in [5.74, 6) is -14.1. The molecule has 46 heavy (non-hydrogen) atoms. The number of carbonyl (C=O) groups excluding carboxylic acids is 6. The Morgan fingerprint density at radius 2 is 0.783 bits per heavy atom. The summed E-state index contributed by atoms with van der Waals surface area (Å²) in [6, 6.07) is 0. The highest BCUT2D eigenvalue weighted by molar-refractivity contribution is 5.85. The first-order valence-electron chi connectivity index (χ1n) is 13.1. The van der Waals surface area contributed by atoms with Crippen LogP contribution in [0.1, 0.15) is 27.2 Å². The molecule has 0 bridgehead atoms. The summed E-state index contributed by atoms with van der Waals surface area (Å²) in [4.78, 5) is 72.8. The van der Waals surface area contributed by atoms with E-state index >= 15 is 0 Å². The highest BCUT2D eigenvalue weighted by Crippen LogP contribution is 2.35. The molecule has 0 aromatic rings. The maximum atomic E-state index is 12.2. The van der Waals surface area contributed by atoms with Crippen molar-refractivity contribution in [1.82, 2.24) is 0 Å². The number of hydrogen-bond acceptors (Lipinski definition) is 16. The number of rotatable bonds is 20. The van der Waals surface area contributed by atoms with Gasteiger partial charge in [-0.05, 0) is 20.3 Å². The molecule has 0 amide bonds. The summed E-state index contributed by atoms with van der Waals surface area (Å²) >= 11 is 0. The lowest BCUT2D eigenvalue weighted by Crippen LogP contribution is -2.63. The molecule has 0 saturated carbocycles. The van der Waals surface area contributed by atoms with Gasteiger partial charge >= 0.3 is 47.8 Å². The van der Waals surface area contributed by atoms with Crippen molar-refractivity contribution in [2.75, 3.05) is 19.8 Å². The first-order valence-corrected chi connectivity index (χ1v) is 13.1. The van der Waals surface area contributed by atoms with Crippen molar-refractivity contribution in [1.29, 1.82) is 0 Å². The molecular weight excluding hydrogens is 616 g/mol. The summed E-state index contributed by atoms with van der Waals surface area (Å²) in [5.41, 5.74) is -0.667. The highest BCUT2D eigenvalue weighted by atomic mass is 17.0. The highest BCUT2D eigenvalue weighted by Gasteiger charge is 2.61. The Morgan fingerprint density at radius 1 is 0.543 bits per heavy atom. The van der Waals surface area contributed by atoms with Gasteiger partial charge in [0.2, 0.25) is 12.2 Å². The smallest absolute Gasteiger partial charge is 0.421 e. The van der Waals surface area contributed by atoms with Gasteiger partial charge in [0.1, 0.15) is 0 Å². The van der Waals surface area contributed by atoms with Gasteiger partial charge in [-0.3, -0.25) is 0 Å². The van der Waals surface area contributed by atoms with E-state index in [-0.39, 0.29) is 19.8 Å². The van der Waals surface area contributed by atoms with Gasteiger partial charge in [0.05, 0.1) is 19.8 Å². The summed E-state index contributed by atoms with van der Waals surface area (Å²) in [5, 5.41) is 26.0. The first-order chi connectivity index (χ1) is 21.5. The van der Waals surface area contributed by atoms with Gasteiger partial charge in [-0.2, -0.15) is 0 Å². The van der Waals surface area contributed by atoms with Gasteiger partial charge in [-0.1, -0.05) is 46.4 Å². The zero-order valence-electron chi connectivity index (χ0n) is 25.8. The lowest BCUT2D eigenvalue weighted by molar-refractivity contribution is -0.491. The Bertz CT molecular complexity index is 1010. The molecule has 0 spiro atoms. The lowest BCUT2D eigenvalue weighted by Gasteiger charge is -2.42. The number of carbonyl (C=O) groups is 6. The molecule has 16 nitrogen and oxygen atoms in total. The molecule has 0 fully saturated rings. The first kappa shape index (κ1) is 43.2. The van der Waals surface area contributed by atoms with Crippen LogP contribution in [0.3, 0.4) is 0 Å². The lowest BCUT2D eigenvalue weighted by atomic mass is 9.88. The third kappa shape index (κ3) is 13.4. The molecule has 3 N–H and O–H groups in total. The minimum Gasteiger partial charge on any atom is -0.448 e. The van der Waals surface area contributed by atoms with E-state index < -0.39 is 65.4 Å². The Hall–Kier alpha value is -4.90. The summed E-state index contributed by atoms with van der Waals surface area (Å²) in [7, 11) is 0. The molecule has 0 saturated heterocycles. The summed E-state index contributed by atoms with van der Waals surface area (Å²) in [6.07, 6.45) is 0.525. The molecule has 0 rings (SSSR count). The van der Waals surface area contributed by atoms with Gasteiger partial charge in [0, 0.05) is 41.9 Å². The molecule has 256 valence electrons. The van der Waals surface area contributed by atoms with Gasteiger partial charge in [0.25, 0.3) is 0 Å². The third-order valence-corrected chi connectivity index (χ3v) is 5.59. The Kier molecular flexibility index (Phi) is 19.7. The number of aliphatic hydroxyl groups is 3. The molecule has 2 unspecified atom stereocenters. The quantitative estimate of drug-likeness (QED) is 0.0713. The van der Waals surface area contributed by atoms with Gasteiger partial charge in [0.15, 0.2) is 0 Å². The van der Waals surface area contributed by atoms with Gasteiger partial charge in [-0.15, -0.1) is 0 Å². The largest absolute Gasteiger partial charge is 0.448 e. The van der Waals surface area contributed by atoms with Crippen LogP contribution in [0.15, 0.2) is 75.9 Å². The number of aliphatic hydroxyl groups excluding tert-OH is 3. The predicted molar refractivity (Wildman–Crippen MR) is 157 cm³/mol. The average Bonchev–Trinajstić information content (AvgIpc) is 3.05. The van der Waals surface area contributed by atoms with Crippen LogP contribution in [-0.4, -0.2) is 95.1 Å². The molecule has 0 aromatic carbocycles. The Labute approximate surface area is 265 Å². The second-order valence-electron chi connectivity index (χ2n) is 8.70. The third-order valence-electron chi connectivity index (χ3n) is 5.59. The summed E-state index contributed by atoms with van der Waals surface area (Å²) < 4.78 is 35.8. The van der Waals surface area contributed by atoms with Crippen LogP contribution in [-0.2, 0) is 61.9 Å². The minimum atomic E-state index is -3.22. The fourth-order valence-electron chi connectivity index (χ4n) is 2.62. The molecular formula is C30H40O16. The van der Waals surface area contributed by atoms with E-state index in [0.29, 0.717) is 42.9 Å². The number of ether oxygens (including phenoxy) is 7. The van der Waals surface area contributed by atoms with Crippen molar-refractivity contribution in [2.45, 2.75) is 51.3 Å². The monoisotopic (exact) mass is 656 g/mol. The number of esters is 6. The van der Waals surface area contributed by atoms with E-state index in [4.69, 9.17) is 48.5 Å². The van der Waals surface area contributed by atoms with Crippen LogP contribution < -0.4 is 0 Å². The van der Waals surface area contributed by atoms with Crippen LogP contribution in [0.5, 0.6) is 0 Å². The van der Waals surface area contributed by atoms with Crippen LogP contribution in [0.4, 0.5) is 0 Å². The zero-order valence-corrected chi connectivity index (χ0v) is 25.8. The summed E-state index contributed by atoms with van der Waals surface area (Å²) in [6.45, 7) is 22.5. The van der Waals surface area contributed by atoms with E-state index in [1.807, 2.05) is 6.92 Å². The van der Waals surface area contributed by atoms with E-state index in [1.165, 1.54) is 0 Å². The van der Waals surface area contributed by atoms with Crippen molar-refractivity contribution in [3.8, 4) is 0 Å². The maximum Gasteiger partial charge on any atom is 0.421 e. The predicted octanol–water partition coefficient (Wildman–Crippen LogP) is 0.823. The second kappa shape index (κ2) is 20.9. The normalized spacial score (nSPS) is 12.1. The van der Waals surface area contributed by atoms with Crippen molar-refractivity contribution >= 4 is 35.8 Å². The SMILES string of the molecule is C=CC(=O)OC(C)C(OC(=O)C=C)(OC(=O)C=C)OC(OC(=O)C=C)(OC(=O)C=C)C(C)OC(=O)C=C.CCC(CO)(CO)CO. The van der Waals surface area contributed by atoms with Crippen LogP contribution in [0, 0.1) is 5.41 Å². The van der Waals surface area contributed by atoms with E-state index in [0.717, 1.165) is 13.8 Å². The van der Waals surface area contributed by atoms with E-state index in [2.05, 4.69) is 39.5 Å². The van der Waals surface area contributed by atoms with Crippen LogP contribution in [0.25, 0.3) is 0 Å². The maximum absolute atomic E-state index is 12.2. The molecule has 0 radical (unpaired) electrons. The molecule has 0 heterocycles. The van der Waals surface area contributed by atoms with Crippen molar-refractivity contribution in [2.24, 2.45) is 5.41 Å². The minimum absolute atomic E-state index is 0.156. The van der Waals surface area contributed by atoms with E-state index in [9.17, 15) is 28.8 Å². The molecule has 16 heteroatoms. The molecule has 0 aromatic heterocycles. The van der Waals surface area contributed by atoms with E-state index in [1.54, 1.807) is 0 Å². The fourth-order valence-corrected chi connectivity index (χ4v) is 2.62. The zero-order chi connectivity index (χ0) is 36.1. The number of hydrogen-bond donors (Lipinski definition) is 3. The topological polar surface area (TPSA) is 228 Å². The van der Waals surface area contributed by atoms with Crippen LogP contribution in [0.2, 0.25) is 0 Å². The Morgan fingerprint density at radius 3 is 0.935 bits per heavy atom. The second-order valence-corrected chi connectivity index (χ2v) is 8.70. The fraction of sp³-hybridized carbons (Fsp3) is 0.400. The molecule has 0 aliphatic heterocycles. The average molecular weight is 657 g/mol. The van der Waals surface area contributed by atoms with Crippen molar-refractivity contribution in [3.05, 3.63) is 75.9 Å². The molecule has 0 aliphatic rings. The van der Waals surface area contributed by atoms with Gasteiger partial charge < -0.3 is 43.7 Å². The van der Waals surface area contributed by atoms with Crippen molar-refractivity contribution < 1.29 is 77.2 Å². The van der Waals surface area contributed by atoms with Crippen LogP contribution >= 0.6 is 0 Å². The molecule has 2 atom stereocenters. The standard InChI is InChI=1S/C24H26O13.C6H14O3/c1-9-17(25)31-15(7)23(33-19(27)11-3,34-20(28)12-4)37-24(35-21(29)13-5,36-22(30)14-6)16(8)32-18(26)10-2;1-2-6(3-7,4-8)5-9/h9-16H,1-6H2,7-8H3;7-9H,2-5H2,1H3.